The number of thioether (sulfide) groups is 3. The van der Waals surface area contributed by atoms with E-state index in [2.05, 4.69) is 4.74 Å². The molecule has 0 bridgehead atoms. The molecule has 0 unspecified atom stereocenters. The first kappa shape index (κ1) is 15.8. The topological polar surface area (TPSA) is 52.6 Å². The highest BCUT2D eigenvalue weighted by Gasteiger charge is 2.32. The summed E-state index contributed by atoms with van der Waals surface area (Å²) < 4.78 is 10.6. The molecule has 0 spiro atoms. The molecule has 1 rings (SSSR count). The molecule has 0 aromatic rings. The van der Waals surface area contributed by atoms with Gasteiger partial charge in [0.25, 0.3) is 0 Å². The van der Waals surface area contributed by atoms with Gasteiger partial charge in [-0.1, -0.05) is 23.5 Å². The van der Waals surface area contributed by atoms with Gasteiger partial charge in [-0.3, -0.25) is 4.79 Å². The van der Waals surface area contributed by atoms with Crippen LogP contribution in [0.2, 0.25) is 0 Å². The lowest BCUT2D eigenvalue weighted by Crippen LogP contribution is -2.24. The van der Waals surface area contributed by atoms with E-state index < -0.39 is 5.60 Å². The summed E-state index contributed by atoms with van der Waals surface area (Å²) in [5.41, 5.74) is -0.444. The van der Waals surface area contributed by atoms with Crippen molar-refractivity contribution in [2.75, 3.05) is 12.9 Å². The highest BCUT2D eigenvalue weighted by Crippen LogP contribution is 2.52. The molecular formula is C11H16O4S3. The molecule has 0 amide bonds. The van der Waals surface area contributed by atoms with Crippen LogP contribution in [0, 0.1) is 0 Å². The Bertz CT molecular complexity index is 352. The van der Waals surface area contributed by atoms with Crippen molar-refractivity contribution in [3.05, 3.63) is 9.65 Å². The van der Waals surface area contributed by atoms with Crippen LogP contribution < -0.4 is 0 Å². The standard InChI is InChI=1S/C11H16O4S3/c1-11(2,3)15-7(12)5-16-6-8-17-10(18-8)9(13)14-4/h6,10H,5H2,1-4H3. The van der Waals surface area contributed by atoms with E-state index in [-0.39, 0.29) is 22.3 Å². The zero-order chi connectivity index (χ0) is 13.8. The van der Waals surface area contributed by atoms with Gasteiger partial charge in [0.2, 0.25) is 0 Å². The van der Waals surface area contributed by atoms with Gasteiger partial charge < -0.3 is 9.47 Å². The summed E-state index contributed by atoms with van der Waals surface area (Å²) in [6, 6.07) is 0. The molecule has 0 aromatic heterocycles. The van der Waals surface area contributed by atoms with Gasteiger partial charge in [0, 0.05) is 4.24 Å². The molecule has 7 heteroatoms. The van der Waals surface area contributed by atoms with Gasteiger partial charge in [-0.05, 0) is 26.2 Å². The fourth-order valence-electron chi connectivity index (χ4n) is 1.02. The second-order valence-electron chi connectivity index (χ2n) is 4.43. The third kappa shape index (κ3) is 5.58. The Morgan fingerprint density at radius 3 is 2.50 bits per heavy atom. The van der Waals surface area contributed by atoms with E-state index in [1.807, 2.05) is 26.2 Å². The van der Waals surface area contributed by atoms with Crippen molar-refractivity contribution < 1.29 is 19.1 Å². The van der Waals surface area contributed by atoms with Crippen LogP contribution in [0.3, 0.4) is 0 Å². The van der Waals surface area contributed by atoms with Crippen LogP contribution in [-0.2, 0) is 19.1 Å². The summed E-state index contributed by atoms with van der Waals surface area (Å²) >= 11 is 4.27. The Labute approximate surface area is 120 Å². The zero-order valence-corrected chi connectivity index (χ0v) is 13.2. The number of methoxy groups -OCH3 is 1. The van der Waals surface area contributed by atoms with Crippen LogP contribution in [0.1, 0.15) is 20.8 Å². The number of carbonyl (C=O) groups is 2. The molecule has 0 radical (unpaired) electrons. The average Bonchev–Trinajstić information content (AvgIpc) is 2.17. The van der Waals surface area contributed by atoms with E-state index in [0.29, 0.717) is 0 Å². The first-order chi connectivity index (χ1) is 8.31. The monoisotopic (exact) mass is 308 g/mol. The van der Waals surface area contributed by atoms with E-state index >= 15 is 0 Å². The minimum absolute atomic E-state index is 0.164. The maximum atomic E-state index is 11.4. The number of rotatable bonds is 4. The maximum Gasteiger partial charge on any atom is 0.329 e. The van der Waals surface area contributed by atoms with Crippen LogP contribution in [0.5, 0.6) is 0 Å². The van der Waals surface area contributed by atoms with Gasteiger partial charge >= 0.3 is 11.9 Å². The summed E-state index contributed by atoms with van der Waals surface area (Å²) in [6.07, 6.45) is 0. The molecule has 0 saturated carbocycles. The first-order valence-electron chi connectivity index (χ1n) is 5.26. The van der Waals surface area contributed by atoms with Gasteiger partial charge in [-0.2, -0.15) is 0 Å². The van der Waals surface area contributed by atoms with Crippen LogP contribution in [0.4, 0.5) is 0 Å². The molecule has 1 fully saturated rings. The Morgan fingerprint density at radius 2 is 2.00 bits per heavy atom. The molecule has 0 aliphatic carbocycles. The van der Waals surface area contributed by atoms with Crippen molar-refractivity contribution in [2.45, 2.75) is 31.0 Å². The smallest absolute Gasteiger partial charge is 0.329 e. The number of ether oxygens (including phenoxy) is 2. The van der Waals surface area contributed by atoms with Gasteiger partial charge in [-0.25, -0.2) is 4.79 Å². The highest BCUT2D eigenvalue weighted by molar-refractivity contribution is 8.39. The molecule has 4 nitrogen and oxygen atoms in total. The van der Waals surface area contributed by atoms with Crippen molar-refractivity contribution in [3.63, 3.8) is 0 Å². The zero-order valence-electron chi connectivity index (χ0n) is 10.7. The number of esters is 2. The number of carbonyl (C=O) groups excluding carboxylic acids is 2. The van der Waals surface area contributed by atoms with E-state index in [0.717, 1.165) is 4.24 Å². The Hall–Kier alpha value is -0.270. The van der Waals surface area contributed by atoms with Crippen molar-refractivity contribution >= 4 is 47.2 Å². The van der Waals surface area contributed by atoms with E-state index in [4.69, 9.17) is 4.74 Å². The minimum atomic E-state index is -0.444. The molecular weight excluding hydrogens is 292 g/mol. The summed E-state index contributed by atoms with van der Waals surface area (Å²) in [4.78, 5) is 22.5. The average molecular weight is 308 g/mol. The third-order valence-corrected chi connectivity index (χ3v) is 5.41. The molecule has 0 N–H and O–H groups in total. The van der Waals surface area contributed by atoms with Crippen molar-refractivity contribution in [3.8, 4) is 0 Å². The van der Waals surface area contributed by atoms with E-state index in [1.165, 1.54) is 42.4 Å². The quantitative estimate of drug-likeness (QED) is 0.740. The normalized spacial score (nSPS) is 18.9. The SMILES string of the molecule is COC(=O)C1SC(=CSCC(=O)OC(C)(C)C)S1. The summed E-state index contributed by atoms with van der Waals surface area (Å²) in [7, 11) is 1.38. The Kier molecular flexibility index (Phi) is 5.94. The minimum Gasteiger partial charge on any atom is -0.468 e. The van der Waals surface area contributed by atoms with E-state index in [9.17, 15) is 9.59 Å². The third-order valence-electron chi connectivity index (χ3n) is 1.64. The summed E-state index contributed by atoms with van der Waals surface area (Å²) in [5, 5.41) is 1.87. The van der Waals surface area contributed by atoms with Gasteiger partial charge in [0.1, 0.15) is 5.60 Å². The van der Waals surface area contributed by atoms with Crippen LogP contribution >= 0.6 is 35.3 Å². The second-order valence-corrected chi connectivity index (χ2v) is 8.13. The van der Waals surface area contributed by atoms with Crippen LogP contribution in [-0.4, -0.2) is 35.0 Å². The number of hydrogen-bond donors (Lipinski definition) is 0. The van der Waals surface area contributed by atoms with Crippen molar-refractivity contribution in [2.24, 2.45) is 0 Å². The molecule has 1 heterocycles. The molecule has 0 aromatic carbocycles. The second kappa shape index (κ2) is 6.77. The van der Waals surface area contributed by atoms with Crippen LogP contribution in [0.25, 0.3) is 0 Å². The molecule has 1 aliphatic rings. The number of hydrogen-bond acceptors (Lipinski definition) is 7. The van der Waals surface area contributed by atoms with Crippen LogP contribution in [0.15, 0.2) is 9.65 Å². The Morgan fingerprint density at radius 1 is 1.39 bits per heavy atom. The molecule has 102 valence electrons. The first-order valence-corrected chi connectivity index (χ1v) is 8.07. The largest absolute Gasteiger partial charge is 0.468 e. The van der Waals surface area contributed by atoms with Gasteiger partial charge in [-0.15, -0.1) is 11.8 Å². The Balaban J connectivity index is 2.20. The highest BCUT2D eigenvalue weighted by atomic mass is 32.3. The van der Waals surface area contributed by atoms with Gasteiger partial charge in [0.05, 0.1) is 12.9 Å². The summed E-state index contributed by atoms with van der Waals surface area (Å²) in [5.74, 6) is -0.174. The van der Waals surface area contributed by atoms with Crippen molar-refractivity contribution in [1.82, 2.24) is 0 Å². The predicted octanol–water partition coefficient (Wildman–Crippen LogP) is 2.84. The molecule has 1 aliphatic heterocycles. The summed E-state index contributed by atoms with van der Waals surface area (Å²) in [6.45, 7) is 5.52. The van der Waals surface area contributed by atoms with Gasteiger partial charge in [0.15, 0.2) is 4.58 Å². The fourth-order valence-corrected chi connectivity index (χ4v) is 4.02. The van der Waals surface area contributed by atoms with E-state index in [1.54, 1.807) is 0 Å². The fraction of sp³-hybridized carbons (Fsp3) is 0.636. The molecule has 18 heavy (non-hydrogen) atoms. The maximum absolute atomic E-state index is 11.4. The predicted molar refractivity (Wildman–Crippen MR) is 77.4 cm³/mol. The lowest BCUT2D eigenvalue weighted by atomic mass is 10.2. The lowest BCUT2D eigenvalue weighted by molar-refractivity contribution is -0.151. The molecule has 0 atom stereocenters. The molecule has 1 saturated heterocycles. The van der Waals surface area contributed by atoms with Crippen molar-refractivity contribution in [1.29, 1.82) is 0 Å². The lowest BCUT2D eigenvalue weighted by Gasteiger charge is -2.24.